The lowest BCUT2D eigenvalue weighted by Crippen LogP contribution is -1.83. The molecule has 3 N–H and O–H groups in total. The van der Waals surface area contributed by atoms with Crippen molar-refractivity contribution in [3.8, 4) is 11.5 Å². The highest BCUT2D eigenvalue weighted by molar-refractivity contribution is 5.78. The van der Waals surface area contributed by atoms with Crippen LogP contribution in [0.15, 0.2) is 30.9 Å². The van der Waals surface area contributed by atoms with Gasteiger partial charge >= 0.3 is 5.97 Å². The summed E-state index contributed by atoms with van der Waals surface area (Å²) in [6.45, 7) is 4.99. The van der Waals surface area contributed by atoms with Crippen molar-refractivity contribution in [2.24, 2.45) is 0 Å². The van der Waals surface area contributed by atoms with Crippen LogP contribution in [0.4, 0.5) is 0 Å². The topological polar surface area (TPSA) is 77.8 Å². The molecule has 4 heteroatoms. The number of carboxylic acids is 1. The fourth-order valence-electron chi connectivity index (χ4n) is 1.05. The highest BCUT2D eigenvalue weighted by Crippen LogP contribution is 2.28. The Bertz CT molecular complexity index is 358. The van der Waals surface area contributed by atoms with E-state index in [4.69, 9.17) is 10.2 Å². The number of rotatable bonds is 3. The van der Waals surface area contributed by atoms with Crippen molar-refractivity contribution in [2.45, 2.75) is 19.8 Å². The number of carboxylic acid groups (broad SMARTS) is 1. The average molecular weight is 224 g/mol. The maximum Gasteiger partial charge on any atom is 0.327 e. The van der Waals surface area contributed by atoms with Crippen LogP contribution in [0.3, 0.4) is 0 Å². The number of hydrogen-bond acceptors (Lipinski definition) is 3. The van der Waals surface area contributed by atoms with Crippen molar-refractivity contribution in [1.29, 1.82) is 0 Å². The zero-order valence-corrected chi connectivity index (χ0v) is 9.18. The molecule has 0 atom stereocenters. The standard InChI is InChI=1S/C9H12O2.C3H4O2/c1-2-4-7-5-3-6-8(10)9(7)11;1-2-3(4)5/h3,5-6,10-11H,2,4H2,1H3;2H,1H2,(H,4,5). The normalized spacial score (nSPS) is 8.81. The number of aliphatic carboxylic acids is 1. The van der Waals surface area contributed by atoms with Gasteiger partial charge in [0.15, 0.2) is 11.5 Å². The van der Waals surface area contributed by atoms with E-state index in [1.54, 1.807) is 6.07 Å². The predicted molar refractivity (Wildman–Crippen MR) is 61.6 cm³/mol. The van der Waals surface area contributed by atoms with Gasteiger partial charge in [0.25, 0.3) is 0 Å². The highest BCUT2D eigenvalue weighted by atomic mass is 16.4. The third-order valence-electron chi connectivity index (χ3n) is 1.79. The largest absolute Gasteiger partial charge is 0.504 e. The molecule has 4 nitrogen and oxygen atoms in total. The molecule has 0 aromatic heterocycles. The zero-order valence-electron chi connectivity index (χ0n) is 9.18. The minimum absolute atomic E-state index is 0.0225. The van der Waals surface area contributed by atoms with Gasteiger partial charge in [-0.1, -0.05) is 32.1 Å². The third kappa shape index (κ3) is 5.05. The molecule has 0 aliphatic carbocycles. The van der Waals surface area contributed by atoms with Gasteiger partial charge in [-0.2, -0.15) is 0 Å². The first-order valence-electron chi connectivity index (χ1n) is 4.88. The van der Waals surface area contributed by atoms with Gasteiger partial charge in [-0.05, 0) is 18.1 Å². The van der Waals surface area contributed by atoms with Gasteiger partial charge in [-0.3, -0.25) is 0 Å². The van der Waals surface area contributed by atoms with Crippen molar-refractivity contribution in [3.63, 3.8) is 0 Å². The fourth-order valence-corrected chi connectivity index (χ4v) is 1.05. The lowest BCUT2D eigenvalue weighted by Gasteiger charge is -2.03. The van der Waals surface area contributed by atoms with E-state index in [2.05, 4.69) is 6.58 Å². The Balaban J connectivity index is 0.000000385. The van der Waals surface area contributed by atoms with Crippen molar-refractivity contribution >= 4 is 5.97 Å². The van der Waals surface area contributed by atoms with Gasteiger partial charge in [0.2, 0.25) is 0 Å². The average Bonchev–Trinajstić information content (AvgIpc) is 2.26. The minimum Gasteiger partial charge on any atom is -0.504 e. The molecule has 0 fully saturated rings. The van der Waals surface area contributed by atoms with E-state index in [1.807, 2.05) is 13.0 Å². The summed E-state index contributed by atoms with van der Waals surface area (Å²) >= 11 is 0. The van der Waals surface area contributed by atoms with Gasteiger partial charge < -0.3 is 15.3 Å². The molecule has 0 radical (unpaired) electrons. The second kappa shape index (κ2) is 7.34. The molecule has 0 spiro atoms. The number of aryl methyl sites for hydroxylation is 1. The van der Waals surface area contributed by atoms with E-state index in [9.17, 15) is 9.90 Å². The first-order valence-corrected chi connectivity index (χ1v) is 4.88. The predicted octanol–water partition coefficient (Wildman–Crippen LogP) is 2.31. The number of carbonyl (C=O) groups is 1. The van der Waals surface area contributed by atoms with E-state index in [0.717, 1.165) is 24.5 Å². The van der Waals surface area contributed by atoms with Crippen LogP contribution in [0.2, 0.25) is 0 Å². The lowest BCUT2D eigenvalue weighted by molar-refractivity contribution is -0.131. The second-order valence-electron chi connectivity index (χ2n) is 3.08. The van der Waals surface area contributed by atoms with Gasteiger partial charge in [-0.25, -0.2) is 4.79 Å². The summed E-state index contributed by atoms with van der Waals surface area (Å²) in [5, 5.41) is 26.0. The molecule has 0 aliphatic heterocycles. The molecule has 0 heterocycles. The second-order valence-corrected chi connectivity index (χ2v) is 3.08. The van der Waals surface area contributed by atoms with Crippen LogP contribution in [-0.4, -0.2) is 21.3 Å². The van der Waals surface area contributed by atoms with Crippen LogP contribution in [0, 0.1) is 0 Å². The van der Waals surface area contributed by atoms with E-state index >= 15 is 0 Å². The molecule has 0 saturated carbocycles. The number of para-hydroxylation sites is 1. The summed E-state index contributed by atoms with van der Waals surface area (Å²) in [6.07, 6.45) is 2.61. The molecular formula is C12H16O4. The Morgan fingerprint density at radius 2 is 2.00 bits per heavy atom. The minimum atomic E-state index is -0.981. The quantitative estimate of drug-likeness (QED) is 0.544. The Kier molecular flexibility index (Phi) is 6.43. The lowest BCUT2D eigenvalue weighted by atomic mass is 10.1. The van der Waals surface area contributed by atoms with Crippen LogP contribution < -0.4 is 0 Å². The number of benzene rings is 1. The van der Waals surface area contributed by atoms with Crippen LogP contribution in [-0.2, 0) is 11.2 Å². The summed E-state index contributed by atoms with van der Waals surface area (Å²) < 4.78 is 0. The fraction of sp³-hybridized carbons (Fsp3) is 0.250. The molecule has 0 unspecified atom stereocenters. The van der Waals surface area contributed by atoms with Crippen molar-refractivity contribution < 1.29 is 20.1 Å². The van der Waals surface area contributed by atoms with Crippen LogP contribution in [0.5, 0.6) is 11.5 Å². The van der Waals surface area contributed by atoms with Gasteiger partial charge in [0.1, 0.15) is 0 Å². The Hall–Kier alpha value is -1.97. The first-order chi connectivity index (χ1) is 7.52. The summed E-state index contributed by atoms with van der Waals surface area (Å²) in [5.41, 5.74) is 0.813. The molecule has 1 aromatic rings. The number of phenols is 2. The third-order valence-corrected chi connectivity index (χ3v) is 1.79. The molecule has 1 aromatic carbocycles. The summed E-state index contributed by atoms with van der Waals surface area (Å²) in [7, 11) is 0. The van der Waals surface area contributed by atoms with Crippen LogP contribution >= 0.6 is 0 Å². The van der Waals surface area contributed by atoms with Crippen molar-refractivity contribution in [1.82, 2.24) is 0 Å². The van der Waals surface area contributed by atoms with Gasteiger partial charge in [0.05, 0.1) is 0 Å². The molecular weight excluding hydrogens is 208 g/mol. The van der Waals surface area contributed by atoms with Gasteiger partial charge in [-0.15, -0.1) is 0 Å². The van der Waals surface area contributed by atoms with E-state index in [0.29, 0.717) is 0 Å². The summed E-state index contributed by atoms with van der Waals surface area (Å²) in [6, 6.07) is 5.03. The summed E-state index contributed by atoms with van der Waals surface area (Å²) in [5.74, 6) is -0.990. The molecule has 88 valence electrons. The molecule has 0 bridgehead atoms. The number of phenolic OH excluding ortho intramolecular Hbond substituents is 2. The van der Waals surface area contributed by atoms with Crippen LogP contribution in [0.1, 0.15) is 18.9 Å². The van der Waals surface area contributed by atoms with E-state index in [1.165, 1.54) is 6.07 Å². The maximum absolute atomic E-state index is 9.28. The Morgan fingerprint density at radius 1 is 1.44 bits per heavy atom. The highest BCUT2D eigenvalue weighted by Gasteiger charge is 2.02. The van der Waals surface area contributed by atoms with Gasteiger partial charge in [0, 0.05) is 6.08 Å². The van der Waals surface area contributed by atoms with E-state index < -0.39 is 5.97 Å². The smallest absolute Gasteiger partial charge is 0.327 e. The SMILES string of the molecule is C=CC(=O)O.CCCc1cccc(O)c1O. The monoisotopic (exact) mass is 224 g/mol. The molecule has 1 rings (SSSR count). The maximum atomic E-state index is 9.28. The van der Waals surface area contributed by atoms with Crippen LogP contribution in [0.25, 0.3) is 0 Å². The zero-order chi connectivity index (χ0) is 12.6. The molecule has 0 aliphatic rings. The first kappa shape index (κ1) is 14.0. The van der Waals surface area contributed by atoms with Crippen molar-refractivity contribution in [3.05, 3.63) is 36.4 Å². The number of aromatic hydroxyl groups is 2. The molecule has 0 saturated heterocycles. The molecule has 0 amide bonds. The Labute approximate surface area is 94.5 Å². The Morgan fingerprint density at radius 3 is 2.44 bits per heavy atom. The van der Waals surface area contributed by atoms with Crippen molar-refractivity contribution in [2.75, 3.05) is 0 Å². The number of hydrogen-bond donors (Lipinski definition) is 3. The summed E-state index contributed by atoms with van der Waals surface area (Å²) in [4.78, 5) is 9.25. The molecule has 16 heavy (non-hydrogen) atoms. The van der Waals surface area contributed by atoms with E-state index in [-0.39, 0.29) is 11.5 Å².